The molecule has 4 aromatic rings. The highest BCUT2D eigenvalue weighted by molar-refractivity contribution is 5.91. The van der Waals surface area contributed by atoms with Crippen molar-refractivity contribution in [3.05, 3.63) is 96.3 Å². The highest BCUT2D eigenvalue weighted by atomic mass is 16.1. The average Bonchev–Trinajstić information content (AvgIpc) is 3.00. The Hall–Kier alpha value is -3.40. The predicted octanol–water partition coefficient (Wildman–Crippen LogP) is 4.27. The standard InChI is InChI=1S/C22H19N3O/c26-22(23-18-11-5-2-6-12-18)16-25-20-14-8-7-13-19(20)24-21(25)15-17-9-3-1-4-10-17/h1-14H,15-16H2,(H,23,26). The van der Waals surface area contributed by atoms with E-state index < -0.39 is 0 Å². The SMILES string of the molecule is O=C(Cn1c(Cc2ccccc2)nc2ccccc21)Nc1ccccc1. The van der Waals surface area contributed by atoms with Crippen LogP contribution in [0.25, 0.3) is 11.0 Å². The van der Waals surface area contributed by atoms with Gasteiger partial charge in [-0.1, -0.05) is 60.7 Å². The zero-order chi connectivity index (χ0) is 17.8. The minimum Gasteiger partial charge on any atom is -0.325 e. The van der Waals surface area contributed by atoms with E-state index in [1.165, 1.54) is 5.56 Å². The molecule has 4 heteroatoms. The molecule has 128 valence electrons. The molecule has 0 unspecified atom stereocenters. The molecular weight excluding hydrogens is 322 g/mol. The first-order valence-electron chi connectivity index (χ1n) is 8.62. The Morgan fingerprint density at radius 2 is 1.50 bits per heavy atom. The molecular formula is C22H19N3O. The number of nitrogens with zero attached hydrogens (tertiary/aromatic N) is 2. The van der Waals surface area contributed by atoms with Gasteiger partial charge in [-0.3, -0.25) is 4.79 Å². The van der Waals surface area contributed by atoms with Gasteiger partial charge < -0.3 is 9.88 Å². The molecule has 0 fully saturated rings. The van der Waals surface area contributed by atoms with E-state index in [1.54, 1.807) is 0 Å². The van der Waals surface area contributed by atoms with Crippen molar-refractivity contribution in [1.29, 1.82) is 0 Å². The number of para-hydroxylation sites is 3. The van der Waals surface area contributed by atoms with E-state index in [2.05, 4.69) is 17.4 Å². The zero-order valence-electron chi connectivity index (χ0n) is 14.3. The van der Waals surface area contributed by atoms with Crippen molar-refractivity contribution < 1.29 is 4.79 Å². The number of imidazole rings is 1. The molecule has 1 heterocycles. The fourth-order valence-electron chi connectivity index (χ4n) is 3.08. The lowest BCUT2D eigenvalue weighted by Gasteiger charge is -2.10. The first kappa shape index (κ1) is 16.1. The number of carbonyl (C=O) groups is 1. The van der Waals surface area contributed by atoms with E-state index in [4.69, 9.17) is 4.98 Å². The fourth-order valence-corrected chi connectivity index (χ4v) is 3.08. The minimum atomic E-state index is -0.0614. The van der Waals surface area contributed by atoms with E-state index >= 15 is 0 Å². The molecule has 0 radical (unpaired) electrons. The van der Waals surface area contributed by atoms with E-state index in [9.17, 15) is 4.79 Å². The lowest BCUT2D eigenvalue weighted by Crippen LogP contribution is -2.20. The van der Waals surface area contributed by atoms with Crippen molar-refractivity contribution in [1.82, 2.24) is 9.55 Å². The third kappa shape index (κ3) is 3.49. The van der Waals surface area contributed by atoms with E-state index in [0.29, 0.717) is 6.42 Å². The highest BCUT2D eigenvalue weighted by Crippen LogP contribution is 2.19. The van der Waals surface area contributed by atoms with E-state index in [-0.39, 0.29) is 12.5 Å². The molecule has 0 saturated carbocycles. The third-order valence-electron chi connectivity index (χ3n) is 4.30. The van der Waals surface area contributed by atoms with Crippen LogP contribution in [0, 0.1) is 0 Å². The number of fused-ring (bicyclic) bond motifs is 1. The number of hydrogen-bond donors (Lipinski definition) is 1. The lowest BCUT2D eigenvalue weighted by molar-refractivity contribution is -0.116. The van der Waals surface area contributed by atoms with Gasteiger partial charge in [-0.05, 0) is 29.8 Å². The number of rotatable bonds is 5. The summed E-state index contributed by atoms with van der Waals surface area (Å²) in [5.74, 6) is 0.828. The average molecular weight is 341 g/mol. The Balaban J connectivity index is 1.64. The molecule has 0 aliphatic rings. The van der Waals surface area contributed by atoms with Crippen LogP contribution in [0.3, 0.4) is 0 Å². The molecule has 0 spiro atoms. The molecule has 4 nitrogen and oxygen atoms in total. The molecule has 1 amide bonds. The number of benzene rings is 3. The Bertz CT molecular complexity index is 1020. The van der Waals surface area contributed by atoms with Crippen molar-refractivity contribution in [2.75, 3.05) is 5.32 Å². The maximum atomic E-state index is 12.6. The minimum absolute atomic E-state index is 0.0614. The summed E-state index contributed by atoms with van der Waals surface area (Å²) in [7, 11) is 0. The van der Waals surface area contributed by atoms with Gasteiger partial charge in [-0.15, -0.1) is 0 Å². The van der Waals surface area contributed by atoms with Crippen LogP contribution in [0.2, 0.25) is 0 Å². The van der Waals surface area contributed by atoms with Crippen LogP contribution in [0.15, 0.2) is 84.9 Å². The number of carbonyl (C=O) groups excluding carboxylic acids is 1. The van der Waals surface area contributed by atoms with Gasteiger partial charge in [0, 0.05) is 12.1 Å². The van der Waals surface area contributed by atoms with Gasteiger partial charge in [0.2, 0.25) is 5.91 Å². The van der Waals surface area contributed by atoms with Gasteiger partial charge >= 0.3 is 0 Å². The summed E-state index contributed by atoms with van der Waals surface area (Å²) in [4.78, 5) is 17.3. The second-order valence-corrected chi connectivity index (χ2v) is 6.18. The zero-order valence-corrected chi connectivity index (χ0v) is 14.3. The van der Waals surface area contributed by atoms with Crippen molar-refractivity contribution in [3.8, 4) is 0 Å². The summed E-state index contributed by atoms with van der Waals surface area (Å²) in [5.41, 5.74) is 3.85. The van der Waals surface area contributed by atoms with Crippen LogP contribution in [0.1, 0.15) is 11.4 Å². The van der Waals surface area contributed by atoms with Crippen LogP contribution in [-0.2, 0) is 17.8 Å². The Labute approximate surface area is 152 Å². The number of hydrogen-bond acceptors (Lipinski definition) is 2. The molecule has 3 aromatic carbocycles. The summed E-state index contributed by atoms with van der Waals surface area (Å²) in [6.45, 7) is 0.234. The first-order valence-corrected chi connectivity index (χ1v) is 8.62. The van der Waals surface area contributed by atoms with Gasteiger partial charge in [0.1, 0.15) is 12.4 Å². The molecule has 1 N–H and O–H groups in total. The molecule has 1 aromatic heterocycles. The van der Waals surface area contributed by atoms with Crippen molar-refractivity contribution in [3.63, 3.8) is 0 Å². The summed E-state index contributed by atoms with van der Waals surface area (Å²) < 4.78 is 2.00. The molecule has 0 bridgehead atoms. The Kier molecular flexibility index (Phi) is 4.48. The van der Waals surface area contributed by atoms with Gasteiger partial charge in [0.05, 0.1) is 11.0 Å². The number of amides is 1. The molecule has 0 aliphatic carbocycles. The molecule has 0 saturated heterocycles. The summed E-state index contributed by atoms with van der Waals surface area (Å²) in [5, 5.41) is 2.95. The number of aromatic nitrogens is 2. The van der Waals surface area contributed by atoms with Crippen LogP contribution in [0.4, 0.5) is 5.69 Å². The van der Waals surface area contributed by atoms with Crippen molar-refractivity contribution in [2.45, 2.75) is 13.0 Å². The summed E-state index contributed by atoms with van der Waals surface area (Å²) >= 11 is 0. The normalized spacial score (nSPS) is 10.8. The number of anilines is 1. The topological polar surface area (TPSA) is 46.9 Å². The van der Waals surface area contributed by atoms with Crippen LogP contribution in [-0.4, -0.2) is 15.5 Å². The van der Waals surface area contributed by atoms with Crippen LogP contribution in [0.5, 0.6) is 0 Å². The Morgan fingerprint density at radius 3 is 2.27 bits per heavy atom. The van der Waals surface area contributed by atoms with Gasteiger partial charge in [-0.2, -0.15) is 0 Å². The van der Waals surface area contributed by atoms with Gasteiger partial charge in [-0.25, -0.2) is 4.98 Å². The van der Waals surface area contributed by atoms with Gasteiger partial charge in [0.15, 0.2) is 0 Å². The summed E-state index contributed by atoms with van der Waals surface area (Å²) in [6.07, 6.45) is 0.689. The monoisotopic (exact) mass is 341 g/mol. The predicted molar refractivity (Wildman–Crippen MR) is 104 cm³/mol. The maximum absolute atomic E-state index is 12.6. The van der Waals surface area contributed by atoms with Gasteiger partial charge in [0.25, 0.3) is 0 Å². The molecule has 26 heavy (non-hydrogen) atoms. The van der Waals surface area contributed by atoms with E-state index in [0.717, 1.165) is 22.5 Å². The van der Waals surface area contributed by atoms with Crippen LogP contribution >= 0.6 is 0 Å². The first-order chi connectivity index (χ1) is 12.8. The van der Waals surface area contributed by atoms with E-state index in [1.807, 2.05) is 77.4 Å². The maximum Gasteiger partial charge on any atom is 0.244 e. The molecule has 0 aliphatic heterocycles. The van der Waals surface area contributed by atoms with Crippen molar-refractivity contribution >= 4 is 22.6 Å². The van der Waals surface area contributed by atoms with Crippen LogP contribution < -0.4 is 5.32 Å². The van der Waals surface area contributed by atoms with Crippen molar-refractivity contribution in [2.24, 2.45) is 0 Å². The fraction of sp³-hybridized carbons (Fsp3) is 0.0909. The Morgan fingerprint density at radius 1 is 0.846 bits per heavy atom. The molecule has 4 rings (SSSR count). The second kappa shape index (κ2) is 7.23. The summed E-state index contributed by atoms with van der Waals surface area (Å²) in [6, 6.07) is 27.6. The lowest BCUT2D eigenvalue weighted by atomic mass is 10.1. The second-order valence-electron chi connectivity index (χ2n) is 6.18. The smallest absolute Gasteiger partial charge is 0.244 e. The third-order valence-corrected chi connectivity index (χ3v) is 4.30. The highest BCUT2D eigenvalue weighted by Gasteiger charge is 2.14. The number of nitrogens with one attached hydrogen (secondary N) is 1. The quantitative estimate of drug-likeness (QED) is 0.589. The largest absolute Gasteiger partial charge is 0.325 e. The molecule has 0 atom stereocenters.